The minimum absolute atomic E-state index is 0.0925. The summed E-state index contributed by atoms with van der Waals surface area (Å²) in [4.78, 5) is 15.0. The zero-order valence-corrected chi connectivity index (χ0v) is 17.1. The van der Waals surface area contributed by atoms with E-state index in [0.29, 0.717) is 6.54 Å². The molecule has 5 rings (SSSR count). The third-order valence-electron chi connectivity index (χ3n) is 4.98. The number of benzene rings is 3. The van der Waals surface area contributed by atoms with Gasteiger partial charge < -0.3 is 4.57 Å². The normalized spacial score (nSPS) is 11.5. The molecule has 0 saturated carbocycles. The molecule has 0 amide bonds. The Kier molecular flexibility index (Phi) is 4.89. The quantitative estimate of drug-likeness (QED) is 0.215. The molecular formula is C23H17N5O2S. The first-order chi connectivity index (χ1) is 15.2. The number of fused-ring (bicyclic) bond motifs is 2. The number of aromatic nitrogens is 2. The van der Waals surface area contributed by atoms with E-state index in [-0.39, 0.29) is 10.6 Å². The number of anilines is 1. The lowest BCUT2D eigenvalue weighted by Crippen LogP contribution is -1.98. The Labute approximate surface area is 181 Å². The molecule has 0 spiro atoms. The molecule has 2 heterocycles. The molecule has 0 atom stereocenters. The lowest BCUT2D eigenvalue weighted by atomic mass is 10.2. The van der Waals surface area contributed by atoms with E-state index in [0.717, 1.165) is 37.4 Å². The minimum atomic E-state index is -0.387. The maximum Gasteiger partial charge on any atom is 0.269 e. The van der Waals surface area contributed by atoms with Crippen molar-refractivity contribution in [3.05, 3.63) is 100 Å². The maximum absolute atomic E-state index is 10.9. The number of nitrogens with zero attached hydrogens (tertiary/aromatic N) is 4. The number of non-ortho nitro benzene ring substituents is 1. The van der Waals surface area contributed by atoms with Gasteiger partial charge in [0.2, 0.25) is 5.13 Å². The summed E-state index contributed by atoms with van der Waals surface area (Å²) in [5.41, 5.74) is 7.11. The topological polar surface area (TPSA) is 85.3 Å². The fraction of sp³-hybridized carbons (Fsp3) is 0.0435. The Balaban J connectivity index is 1.40. The van der Waals surface area contributed by atoms with Crippen LogP contribution >= 0.6 is 11.3 Å². The van der Waals surface area contributed by atoms with Crippen molar-refractivity contribution in [2.45, 2.75) is 6.54 Å². The van der Waals surface area contributed by atoms with E-state index >= 15 is 0 Å². The first-order valence-electron chi connectivity index (χ1n) is 9.63. The van der Waals surface area contributed by atoms with E-state index in [9.17, 15) is 10.1 Å². The van der Waals surface area contributed by atoms with Crippen molar-refractivity contribution in [1.29, 1.82) is 0 Å². The number of rotatable bonds is 6. The molecule has 0 aliphatic carbocycles. The summed E-state index contributed by atoms with van der Waals surface area (Å²) in [7, 11) is 0. The van der Waals surface area contributed by atoms with Gasteiger partial charge in [-0.05, 0) is 23.8 Å². The SMILES string of the molecule is O=[N+]([O-])c1ccc(Cn2cc(/C=N/Nc3nc4ccccc4s3)c3ccccc32)cc1. The maximum atomic E-state index is 10.9. The number of hydrogen-bond acceptors (Lipinski definition) is 6. The van der Waals surface area contributed by atoms with Crippen molar-refractivity contribution in [2.24, 2.45) is 5.10 Å². The molecule has 0 unspecified atom stereocenters. The molecule has 3 aromatic carbocycles. The van der Waals surface area contributed by atoms with Gasteiger partial charge in [-0.25, -0.2) is 4.98 Å². The van der Waals surface area contributed by atoms with Crippen molar-refractivity contribution < 1.29 is 4.92 Å². The summed E-state index contributed by atoms with van der Waals surface area (Å²) in [6, 6.07) is 22.7. The molecule has 1 N–H and O–H groups in total. The summed E-state index contributed by atoms with van der Waals surface area (Å²) in [6.07, 6.45) is 3.83. The number of nitro benzene ring substituents is 1. The average molecular weight is 427 g/mol. The van der Waals surface area contributed by atoms with Gasteiger partial charge in [-0.1, -0.05) is 53.8 Å². The van der Waals surface area contributed by atoms with Crippen molar-refractivity contribution in [2.75, 3.05) is 5.43 Å². The van der Waals surface area contributed by atoms with Crippen molar-refractivity contribution in [3.63, 3.8) is 0 Å². The molecule has 7 nitrogen and oxygen atoms in total. The van der Waals surface area contributed by atoms with E-state index < -0.39 is 0 Å². The van der Waals surface area contributed by atoms with E-state index in [1.54, 1.807) is 29.7 Å². The minimum Gasteiger partial charge on any atom is -0.342 e. The molecule has 0 bridgehead atoms. The number of para-hydroxylation sites is 2. The van der Waals surface area contributed by atoms with Gasteiger partial charge in [-0.2, -0.15) is 5.10 Å². The summed E-state index contributed by atoms with van der Waals surface area (Å²) >= 11 is 1.56. The van der Waals surface area contributed by atoms with Crippen LogP contribution in [0.4, 0.5) is 10.8 Å². The fourth-order valence-electron chi connectivity index (χ4n) is 3.51. The molecule has 5 aromatic rings. The average Bonchev–Trinajstić information content (AvgIpc) is 3.36. The molecule has 0 saturated heterocycles. The van der Waals surface area contributed by atoms with Gasteiger partial charge in [0.05, 0.1) is 21.4 Å². The smallest absolute Gasteiger partial charge is 0.269 e. The Morgan fingerprint density at radius 1 is 1.06 bits per heavy atom. The highest BCUT2D eigenvalue weighted by atomic mass is 32.1. The van der Waals surface area contributed by atoms with Crippen molar-refractivity contribution in [1.82, 2.24) is 9.55 Å². The van der Waals surface area contributed by atoms with Crippen LogP contribution in [0.3, 0.4) is 0 Å². The van der Waals surface area contributed by atoms with Crippen LogP contribution in [0, 0.1) is 10.1 Å². The first-order valence-corrected chi connectivity index (χ1v) is 10.4. The molecule has 2 aromatic heterocycles. The third-order valence-corrected chi connectivity index (χ3v) is 5.92. The highest BCUT2D eigenvalue weighted by molar-refractivity contribution is 7.22. The third kappa shape index (κ3) is 3.88. The Hall–Kier alpha value is -4.04. The lowest BCUT2D eigenvalue weighted by molar-refractivity contribution is -0.384. The van der Waals surface area contributed by atoms with Crippen LogP contribution in [-0.2, 0) is 6.54 Å². The van der Waals surface area contributed by atoms with E-state index in [4.69, 9.17) is 0 Å². The zero-order valence-electron chi connectivity index (χ0n) is 16.3. The molecule has 152 valence electrons. The zero-order chi connectivity index (χ0) is 21.2. The number of hydrogen-bond donors (Lipinski definition) is 1. The Morgan fingerprint density at radius 2 is 1.84 bits per heavy atom. The predicted octanol–water partition coefficient (Wildman–Crippen LogP) is 5.65. The van der Waals surface area contributed by atoms with Gasteiger partial charge in [0.15, 0.2) is 0 Å². The molecule has 0 aliphatic heterocycles. The first kappa shape index (κ1) is 19.0. The van der Waals surface area contributed by atoms with Gasteiger partial charge >= 0.3 is 0 Å². The van der Waals surface area contributed by atoms with Crippen LogP contribution in [0.15, 0.2) is 84.1 Å². The number of hydrazone groups is 1. The number of thiazole rings is 1. The Bertz CT molecular complexity index is 1390. The molecule has 0 fully saturated rings. The number of nitro groups is 1. The van der Waals surface area contributed by atoms with Gasteiger partial charge in [0, 0.05) is 41.3 Å². The highest BCUT2D eigenvalue weighted by Gasteiger charge is 2.09. The van der Waals surface area contributed by atoms with Crippen LogP contribution < -0.4 is 5.43 Å². The van der Waals surface area contributed by atoms with E-state index in [2.05, 4.69) is 32.2 Å². The summed E-state index contributed by atoms with van der Waals surface area (Å²) in [6.45, 7) is 0.609. The molecule has 0 radical (unpaired) electrons. The highest BCUT2D eigenvalue weighted by Crippen LogP contribution is 2.26. The number of nitrogens with one attached hydrogen (secondary N) is 1. The van der Waals surface area contributed by atoms with Crippen LogP contribution in [0.1, 0.15) is 11.1 Å². The predicted molar refractivity (Wildman–Crippen MR) is 125 cm³/mol. The second-order valence-electron chi connectivity index (χ2n) is 7.01. The summed E-state index contributed by atoms with van der Waals surface area (Å²) < 4.78 is 3.23. The second-order valence-corrected chi connectivity index (χ2v) is 8.04. The molecule has 8 heteroatoms. The largest absolute Gasteiger partial charge is 0.342 e. The monoisotopic (exact) mass is 427 g/mol. The molecular weight excluding hydrogens is 410 g/mol. The lowest BCUT2D eigenvalue weighted by Gasteiger charge is -2.05. The van der Waals surface area contributed by atoms with E-state index in [1.807, 2.05) is 42.6 Å². The Morgan fingerprint density at radius 3 is 2.65 bits per heavy atom. The van der Waals surface area contributed by atoms with Crippen LogP contribution in [0.2, 0.25) is 0 Å². The summed E-state index contributed by atoms with van der Waals surface area (Å²) in [5.74, 6) is 0. The summed E-state index contributed by atoms with van der Waals surface area (Å²) in [5, 5.41) is 17.1. The molecule has 0 aliphatic rings. The van der Waals surface area contributed by atoms with Crippen molar-refractivity contribution in [3.8, 4) is 0 Å². The van der Waals surface area contributed by atoms with Gasteiger partial charge in [0.25, 0.3) is 5.69 Å². The van der Waals surface area contributed by atoms with Gasteiger partial charge in [0.1, 0.15) is 0 Å². The van der Waals surface area contributed by atoms with Crippen LogP contribution in [0.25, 0.3) is 21.1 Å². The van der Waals surface area contributed by atoms with Gasteiger partial charge in [-0.15, -0.1) is 0 Å². The van der Waals surface area contributed by atoms with E-state index in [1.165, 1.54) is 12.1 Å². The van der Waals surface area contributed by atoms with Crippen molar-refractivity contribution >= 4 is 49.5 Å². The van der Waals surface area contributed by atoms with Gasteiger partial charge in [-0.3, -0.25) is 15.5 Å². The fourth-order valence-corrected chi connectivity index (χ4v) is 4.32. The second kappa shape index (κ2) is 8.00. The standard InChI is InChI=1S/C23H17N5O2S/c29-28(30)18-11-9-16(10-12-18)14-27-15-17(19-5-1-3-7-21(19)27)13-24-26-23-25-20-6-2-4-8-22(20)31-23/h1-13,15H,14H2,(H,25,26)/b24-13+. The molecule has 31 heavy (non-hydrogen) atoms. The van der Waals surface area contributed by atoms with Crippen LogP contribution in [-0.4, -0.2) is 20.7 Å². The van der Waals surface area contributed by atoms with Crippen LogP contribution in [0.5, 0.6) is 0 Å².